The normalized spacial score (nSPS) is 17.5. The Hall–Kier alpha value is -3.78. The van der Waals surface area contributed by atoms with Gasteiger partial charge in [0.2, 0.25) is 5.91 Å². The van der Waals surface area contributed by atoms with Gasteiger partial charge in [0.05, 0.1) is 13.1 Å². The number of carbonyl (C=O) groups is 6. The van der Waals surface area contributed by atoms with E-state index in [0.29, 0.717) is 19.3 Å². The third-order valence-corrected chi connectivity index (χ3v) is 5.39. The van der Waals surface area contributed by atoms with E-state index in [4.69, 9.17) is 23.7 Å². The molecule has 4 N–H and O–H groups in total. The first-order valence-corrected chi connectivity index (χ1v) is 14.2. The van der Waals surface area contributed by atoms with Gasteiger partial charge in [-0.1, -0.05) is 0 Å². The second-order valence-electron chi connectivity index (χ2n) is 13.0. The highest BCUT2D eigenvalue weighted by atomic mass is 16.6. The molecule has 15 heteroatoms. The van der Waals surface area contributed by atoms with E-state index in [0.717, 1.165) is 0 Å². The molecule has 43 heavy (non-hydrogen) atoms. The van der Waals surface area contributed by atoms with Gasteiger partial charge in [-0.15, -0.1) is 0 Å². The van der Waals surface area contributed by atoms with Gasteiger partial charge in [0.25, 0.3) is 0 Å². The number of rotatable bonds is 11. The summed E-state index contributed by atoms with van der Waals surface area (Å²) in [6, 6.07) is 0. The van der Waals surface area contributed by atoms with Gasteiger partial charge in [0, 0.05) is 5.92 Å². The number of hydrogen-bond donors (Lipinski definition) is 4. The molecular formula is C28H48N4O11. The molecular weight excluding hydrogens is 568 g/mol. The summed E-state index contributed by atoms with van der Waals surface area (Å²) >= 11 is 0. The minimum atomic E-state index is -0.947. The van der Waals surface area contributed by atoms with Crippen molar-refractivity contribution in [2.75, 3.05) is 26.2 Å². The quantitative estimate of drug-likeness (QED) is 0.196. The number of esters is 2. The molecule has 4 amide bonds. The third kappa shape index (κ3) is 17.7. The summed E-state index contributed by atoms with van der Waals surface area (Å²) in [5, 5.41) is 9.59. The lowest BCUT2D eigenvalue weighted by molar-refractivity contribution is -0.159. The first-order valence-electron chi connectivity index (χ1n) is 14.2. The minimum absolute atomic E-state index is 0.165. The van der Waals surface area contributed by atoms with E-state index in [2.05, 4.69) is 21.3 Å². The van der Waals surface area contributed by atoms with E-state index in [1.807, 2.05) is 0 Å². The molecule has 0 aliphatic heterocycles. The van der Waals surface area contributed by atoms with Crippen LogP contribution in [-0.2, 0) is 38.1 Å². The molecule has 0 saturated heterocycles. The summed E-state index contributed by atoms with van der Waals surface area (Å²) in [4.78, 5) is 73.3. The molecule has 1 saturated carbocycles. The van der Waals surface area contributed by atoms with E-state index in [1.165, 1.54) is 0 Å². The first kappa shape index (κ1) is 37.2. The van der Waals surface area contributed by atoms with Crippen LogP contribution in [0, 0.1) is 5.92 Å². The van der Waals surface area contributed by atoms with Crippen LogP contribution in [0.1, 0.15) is 81.6 Å². The zero-order valence-electron chi connectivity index (χ0n) is 26.7. The number of ether oxygens (including phenoxy) is 5. The van der Waals surface area contributed by atoms with Crippen molar-refractivity contribution in [2.45, 2.75) is 111 Å². The average molecular weight is 617 g/mol. The zero-order chi connectivity index (χ0) is 33.0. The summed E-state index contributed by atoms with van der Waals surface area (Å²) in [6.45, 7) is 13.6. The molecule has 0 aromatic heterocycles. The average Bonchev–Trinajstić information content (AvgIpc) is 3.27. The van der Waals surface area contributed by atoms with Crippen LogP contribution < -0.4 is 21.3 Å². The van der Waals surface area contributed by atoms with Gasteiger partial charge in [-0.25, -0.2) is 14.4 Å². The van der Waals surface area contributed by atoms with Gasteiger partial charge in [-0.2, -0.15) is 0 Å². The lowest BCUT2D eigenvalue weighted by Gasteiger charge is -2.29. The molecule has 3 unspecified atom stereocenters. The molecule has 3 atom stereocenters. The molecule has 1 aliphatic carbocycles. The maximum atomic E-state index is 12.6. The van der Waals surface area contributed by atoms with Gasteiger partial charge >= 0.3 is 30.2 Å². The van der Waals surface area contributed by atoms with E-state index < -0.39 is 90.7 Å². The summed E-state index contributed by atoms with van der Waals surface area (Å²) < 4.78 is 26.5. The fourth-order valence-corrected chi connectivity index (χ4v) is 3.89. The number of hydrogen-bond acceptors (Lipinski definition) is 11. The van der Waals surface area contributed by atoms with Crippen molar-refractivity contribution >= 4 is 36.1 Å². The van der Waals surface area contributed by atoms with Crippen molar-refractivity contribution in [3.63, 3.8) is 0 Å². The van der Waals surface area contributed by atoms with Crippen molar-refractivity contribution in [3.05, 3.63) is 0 Å². The molecule has 246 valence electrons. The minimum Gasteiger partial charge on any atom is -0.461 e. The Labute approximate surface area is 252 Å². The van der Waals surface area contributed by atoms with Crippen LogP contribution in [-0.4, -0.2) is 91.3 Å². The van der Waals surface area contributed by atoms with E-state index >= 15 is 0 Å². The Morgan fingerprint density at radius 3 is 1.53 bits per heavy atom. The monoisotopic (exact) mass is 616 g/mol. The van der Waals surface area contributed by atoms with Crippen LogP contribution in [0.15, 0.2) is 0 Å². The summed E-state index contributed by atoms with van der Waals surface area (Å²) in [6.07, 6.45) is -2.39. The highest BCUT2D eigenvalue weighted by Crippen LogP contribution is 2.32. The SMILES string of the molecule is CC(C)(C)OC(=O)NCC(=O)NCC(OC(=O)CNC(=O)OC(C)(C)C)C1CCCC1OC(=O)CNC(=O)OC(C)(C)C. The van der Waals surface area contributed by atoms with Crippen LogP contribution in [0.5, 0.6) is 0 Å². The second-order valence-corrected chi connectivity index (χ2v) is 13.0. The number of nitrogens with one attached hydrogen (secondary N) is 4. The Morgan fingerprint density at radius 2 is 1.07 bits per heavy atom. The van der Waals surface area contributed by atoms with Crippen LogP contribution in [0.4, 0.5) is 14.4 Å². The molecule has 1 fully saturated rings. The van der Waals surface area contributed by atoms with E-state index in [9.17, 15) is 28.8 Å². The number of alkyl carbamates (subject to hydrolysis) is 3. The van der Waals surface area contributed by atoms with Gasteiger partial charge in [-0.05, 0) is 81.6 Å². The van der Waals surface area contributed by atoms with E-state index in [-0.39, 0.29) is 6.54 Å². The topological polar surface area (TPSA) is 197 Å². The largest absolute Gasteiger partial charge is 0.461 e. The fourth-order valence-electron chi connectivity index (χ4n) is 3.89. The number of carbonyl (C=O) groups excluding carboxylic acids is 6. The van der Waals surface area contributed by atoms with Crippen LogP contribution in [0.2, 0.25) is 0 Å². The fraction of sp³-hybridized carbons (Fsp3) is 0.786. The molecule has 1 rings (SSSR count). The molecule has 15 nitrogen and oxygen atoms in total. The van der Waals surface area contributed by atoms with Gasteiger partial charge in [-0.3, -0.25) is 14.4 Å². The predicted octanol–water partition coefficient (Wildman–Crippen LogP) is 2.30. The van der Waals surface area contributed by atoms with Crippen molar-refractivity contribution in [1.82, 2.24) is 21.3 Å². The molecule has 1 aliphatic rings. The Balaban J connectivity index is 2.84. The molecule has 0 aromatic carbocycles. The molecule has 0 radical (unpaired) electrons. The van der Waals surface area contributed by atoms with Gasteiger partial charge in [0.1, 0.15) is 42.1 Å². The summed E-state index contributed by atoms with van der Waals surface area (Å²) in [5.74, 6) is -2.60. The van der Waals surface area contributed by atoms with Crippen LogP contribution in [0.25, 0.3) is 0 Å². The van der Waals surface area contributed by atoms with Crippen molar-refractivity contribution in [3.8, 4) is 0 Å². The van der Waals surface area contributed by atoms with Crippen molar-refractivity contribution in [2.24, 2.45) is 5.92 Å². The number of amides is 4. The molecule has 0 spiro atoms. The Morgan fingerprint density at radius 1 is 0.628 bits per heavy atom. The summed E-state index contributed by atoms with van der Waals surface area (Å²) in [7, 11) is 0. The van der Waals surface area contributed by atoms with Gasteiger partial charge in [0.15, 0.2) is 0 Å². The molecule has 0 aromatic rings. The van der Waals surface area contributed by atoms with Crippen molar-refractivity contribution < 1.29 is 52.5 Å². The zero-order valence-corrected chi connectivity index (χ0v) is 26.7. The first-order chi connectivity index (χ1) is 19.6. The Kier molecular flexibility index (Phi) is 14.0. The lowest BCUT2D eigenvalue weighted by Crippen LogP contribution is -2.47. The maximum Gasteiger partial charge on any atom is 0.408 e. The second kappa shape index (κ2) is 16.2. The lowest BCUT2D eigenvalue weighted by atomic mass is 9.98. The van der Waals surface area contributed by atoms with Crippen LogP contribution in [0.3, 0.4) is 0 Å². The predicted molar refractivity (Wildman–Crippen MR) is 153 cm³/mol. The third-order valence-electron chi connectivity index (χ3n) is 5.39. The standard InChI is InChI=1S/C28H48N4O11/c1-26(2,3)41-23(36)30-14-20(33)29-13-19(40-22(35)16-32-25(38)43-28(7,8)9)17-11-10-12-18(17)39-21(34)15-31-24(37)42-27(4,5)6/h17-19H,10-16H2,1-9H3,(H,29,33)(H,30,36)(H,31,37)(H,32,38). The highest BCUT2D eigenvalue weighted by Gasteiger charge is 2.39. The smallest absolute Gasteiger partial charge is 0.408 e. The highest BCUT2D eigenvalue weighted by molar-refractivity contribution is 5.82. The Bertz CT molecular complexity index is 996. The van der Waals surface area contributed by atoms with Gasteiger partial charge < -0.3 is 45.0 Å². The summed E-state index contributed by atoms with van der Waals surface area (Å²) in [5.41, 5.74) is -2.26. The molecule has 0 bridgehead atoms. The van der Waals surface area contributed by atoms with Crippen LogP contribution >= 0.6 is 0 Å². The molecule has 0 heterocycles. The van der Waals surface area contributed by atoms with Crippen molar-refractivity contribution in [1.29, 1.82) is 0 Å². The maximum absolute atomic E-state index is 12.6. The van der Waals surface area contributed by atoms with E-state index in [1.54, 1.807) is 62.3 Å².